The zero-order valence-electron chi connectivity index (χ0n) is 12.2. The van der Waals surface area contributed by atoms with Crippen molar-refractivity contribution in [1.82, 2.24) is 9.97 Å². The van der Waals surface area contributed by atoms with E-state index in [9.17, 15) is 0 Å². The molecule has 0 radical (unpaired) electrons. The highest BCUT2D eigenvalue weighted by atomic mass is 14.7. The SMILES string of the molecule is Cc1cc(C)nc(C)c1.[2H]c1cc(C)nc(C)c1. The van der Waals surface area contributed by atoms with Crippen molar-refractivity contribution in [3.63, 3.8) is 0 Å². The molecule has 0 fully saturated rings. The summed E-state index contributed by atoms with van der Waals surface area (Å²) in [6.07, 6.45) is 0. The van der Waals surface area contributed by atoms with E-state index >= 15 is 0 Å². The summed E-state index contributed by atoms with van der Waals surface area (Å²) in [5, 5.41) is 0. The molecule has 0 aliphatic heterocycles. The number of nitrogens with zero attached hydrogens (tertiary/aromatic N) is 2. The maximum absolute atomic E-state index is 7.24. The Balaban J connectivity index is 0.000000180. The topological polar surface area (TPSA) is 25.8 Å². The molecule has 2 aromatic rings. The molecule has 0 bridgehead atoms. The summed E-state index contributed by atoms with van der Waals surface area (Å²) in [7, 11) is 0. The minimum atomic E-state index is 0.542. The Morgan fingerprint density at radius 3 is 1.53 bits per heavy atom. The average Bonchev–Trinajstić information content (AvgIpc) is 2.12. The fourth-order valence-electron chi connectivity index (χ4n) is 1.67. The van der Waals surface area contributed by atoms with E-state index in [4.69, 9.17) is 1.37 Å². The van der Waals surface area contributed by atoms with Crippen molar-refractivity contribution in [1.29, 1.82) is 0 Å². The fraction of sp³-hybridized carbons (Fsp3) is 0.333. The summed E-state index contributed by atoms with van der Waals surface area (Å²) in [6, 6.07) is 8.18. The van der Waals surface area contributed by atoms with Crippen LogP contribution in [-0.2, 0) is 0 Å². The summed E-state index contributed by atoms with van der Waals surface area (Å²) < 4.78 is 7.24. The molecule has 0 aliphatic carbocycles. The number of aryl methyl sites for hydroxylation is 5. The zero-order chi connectivity index (χ0) is 13.7. The maximum atomic E-state index is 7.24. The third kappa shape index (κ3) is 5.25. The Kier molecular flexibility index (Phi) is 4.25. The summed E-state index contributed by atoms with van der Waals surface area (Å²) >= 11 is 0. The first-order valence-corrected chi connectivity index (χ1v) is 5.70. The minimum Gasteiger partial charge on any atom is -0.258 e. The lowest BCUT2D eigenvalue weighted by Gasteiger charge is -1.96. The van der Waals surface area contributed by atoms with Crippen molar-refractivity contribution in [2.75, 3.05) is 0 Å². The van der Waals surface area contributed by atoms with Crippen molar-refractivity contribution in [2.24, 2.45) is 0 Å². The molecule has 2 rings (SSSR count). The third-order valence-corrected chi connectivity index (χ3v) is 2.16. The van der Waals surface area contributed by atoms with Crippen LogP contribution in [0.4, 0.5) is 0 Å². The zero-order valence-corrected chi connectivity index (χ0v) is 11.2. The van der Waals surface area contributed by atoms with Crippen molar-refractivity contribution in [2.45, 2.75) is 34.6 Å². The van der Waals surface area contributed by atoms with Gasteiger partial charge in [-0.2, -0.15) is 0 Å². The monoisotopic (exact) mass is 229 g/mol. The number of hydrogen-bond donors (Lipinski definition) is 0. The van der Waals surface area contributed by atoms with Gasteiger partial charge in [-0.15, -0.1) is 0 Å². The molecular weight excluding hydrogens is 208 g/mol. The molecule has 2 heterocycles. The summed E-state index contributed by atoms with van der Waals surface area (Å²) in [6.45, 7) is 9.90. The van der Waals surface area contributed by atoms with Gasteiger partial charge in [0, 0.05) is 22.8 Å². The van der Waals surface area contributed by atoms with Gasteiger partial charge in [-0.1, -0.05) is 6.04 Å². The minimum absolute atomic E-state index is 0.542. The van der Waals surface area contributed by atoms with Gasteiger partial charge in [-0.05, 0) is 64.4 Å². The van der Waals surface area contributed by atoms with Crippen LogP contribution >= 0.6 is 0 Å². The van der Waals surface area contributed by atoms with Gasteiger partial charge in [0.25, 0.3) is 0 Å². The molecule has 0 aromatic carbocycles. The van der Waals surface area contributed by atoms with Crippen molar-refractivity contribution in [3.8, 4) is 0 Å². The third-order valence-electron chi connectivity index (χ3n) is 2.16. The maximum Gasteiger partial charge on any atom is 0.0624 e. The van der Waals surface area contributed by atoms with Gasteiger partial charge in [-0.25, -0.2) is 0 Å². The van der Waals surface area contributed by atoms with Gasteiger partial charge >= 0.3 is 0 Å². The largest absolute Gasteiger partial charge is 0.258 e. The van der Waals surface area contributed by atoms with Crippen molar-refractivity contribution in [3.05, 3.63) is 58.6 Å². The summed E-state index contributed by atoms with van der Waals surface area (Å²) in [4.78, 5) is 8.35. The fourth-order valence-corrected chi connectivity index (χ4v) is 1.67. The Hall–Kier alpha value is -1.70. The van der Waals surface area contributed by atoms with Crippen LogP contribution in [0.5, 0.6) is 0 Å². The molecule has 17 heavy (non-hydrogen) atoms. The first kappa shape index (κ1) is 11.8. The van der Waals surface area contributed by atoms with Crippen LogP contribution in [0.25, 0.3) is 0 Å². The summed E-state index contributed by atoms with van der Waals surface area (Å²) in [5.41, 5.74) is 5.33. The van der Waals surface area contributed by atoms with Crippen LogP contribution in [0, 0.1) is 34.6 Å². The Labute approximate surface area is 105 Å². The standard InChI is InChI=1S/C8H11N.C7H9N/c1-6-4-7(2)9-8(3)5-6;1-6-4-3-5-7(2)8-6/h4-5H,1-3H3;3-5H,1-2H3/i;3D. The Morgan fingerprint density at radius 2 is 1.18 bits per heavy atom. The molecule has 2 heteroatoms. The first-order chi connectivity index (χ1) is 8.36. The summed E-state index contributed by atoms with van der Waals surface area (Å²) in [5.74, 6) is 0. The van der Waals surface area contributed by atoms with E-state index in [2.05, 4.69) is 29.0 Å². The lowest BCUT2D eigenvalue weighted by atomic mass is 10.2. The van der Waals surface area contributed by atoms with E-state index in [1.54, 1.807) is 12.1 Å². The highest BCUT2D eigenvalue weighted by Crippen LogP contribution is 2.01. The second kappa shape index (κ2) is 6.14. The highest BCUT2D eigenvalue weighted by Gasteiger charge is 1.88. The molecule has 2 aromatic heterocycles. The van der Waals surface area contributed by atoms with Crippen LogP contribution in [-0.4, -0.2) is 9.97 Å². The molecule has 0 saturated carbocycles. The number of pyridine rings is 2. The van der Waals surface area contributed by atoms with E-state index in [0.29, 0.717) is 6.04 Å². The first-order valence-electron chi connectivity index (χ1n) is 6.20. The van der Waals surface area contributed by atoms with Crippen LogP contribution in [0.3, 0.4) is 0 Å². The second-order valence-corrected chi connectivity index (χ2v) is 4.28. The van der Waals surface area contributed by atoms with Gasteiger partial charge in [-0.3, -0.25) is 9.97 Å². The number of hydrogen-bond acceptors (Lipinski definition) is 2. The second-order valence-electron chi connectivity index (χ2n) is 4.28. The normalized spacial score (nSPS) is 10.3. The van der Waals surface area contributed by atoms with E-state index in [0.717, 1.165) is 22.8 Å². The molecule has 2 nitrogen and oxygen atoms in total. The van der Waals surface area contributed by atoms with Gasteiger partial charge in [0.05, 0.1) is 1.37 Å². The van der Waals surface area contributed by atoms with E-state index < -0.39 is 0 Å². The predicted octanol–water partition coefficient (Wildman–Crippen LogP) is 3.71. The van der Waals surface area contributed by atoms with Crippen LogP contribution < -0.4 is 0 Å². The van der Waals surface area contributed by atoms with Crippen LogP contribution in [0.1, 0.15) is 29.7 Å². The van der Waals surface area contributed by atoms with Gasteiger partial charge in [0.1, 0.15) is 0 Å². The molecule has 0 saturated heterocycles. The van der Waals surface area contributed by atoms with E-state index in [-0.39, 0.29) is 0 Å². The molecule has 0 spiro atoms. The molecular formula is C15H20N2. The van der Waals surface area contributed by atoms with E-state index in [1.807, 2.05) is 27.7 Å². The molecule has 0 N–H and O–H groups in total. The lowest BCUT2D eigenvalue weighted by Crippen LogP contribution is -1.85. The number of aromatic nitrogens is 2. The van der Waals surface area contributed by atoms with Crippen molar-refractivity contribution < 1.29 is 1.37 Å². The van der Waals surface area contributed by atoms with Gasteiger partial charge in [0.15, 0.2) is 0 Å². The van der Waals surface area contributed by atoms with Crippen LogP contribution in [0.2, 0.25) is 0 Å². The quantitative estimate of drug-likeness (QED) is 0.688. The smallest absolute Gasteiger partial charge is 0.0624 e. The number of rotatable bonds is 0. The van der Waals surface area contributed by atoms with Crippen molar-refractivity contribution >= 4 is 0 Å². The molecule has 0 amide bonds. The lowest BCUT2D eigenvalue weighted by molar-refractivity contribution is 1.10. The molecule has 0 unspecified atom stereocenters. The van der Waals surface area contributed by atoms with Gasteiger partial charge < -0.3 is 0 Å². The average molecular weight is 229 g/mol. The highest BCUT2D eigenvalue weighted by molar-refractivity contribution is 5.18. The predicted molar refractivity (Wildman–Crippen MR) is 72.2 cm³/mol. The van der Waals surface area contributed by atoms with E-state index in [1.165, 1.54) is 5.56 Å². The Bertz CT molecular complexity index is 386. The molecule has 90 valence electrons. The van der Waals surface area contributed by atoms with Crippen LogP contribution in [0.15, 0.2) is 30.3 Å². The Morgan fingerprint density at radius 1 is 0.765 bits per heavy atom. The molecule has 0 atom stereocenters. The van der Waals surface area contributed by atoms with Gasteiger partial charge in [0.2, 0.25) is 0 Å². The molecule has 0 aliphatic rings.